The highest BCUT2D eigenvalue weighted by Gasteiger charge is 2.37. The van der Waals surface area contributed by atoms with Gasteiger partial charge >= 0.3 is 0 Å². The van der Waals surface area contributed by atoms with Crippen molar-refractivity contribution in [2.75, 3.05) is 13.1 Å². The molecule has 3 fully saturated rings. The van der Waals surface area contributed by atoms with Crippen LogP contribution in [0.15, 0.2) is 0 Å². The van der Waals surface area contributed by atoms with Crippen LogP contribution >= 0.6 is 0 Å². The van der Waals surface area contributed by atoms with Crippen LogP contribution in [0, 0.1) is 11.8 Å². The average Bonchev–Trinajstić information content (AvgIpc) is 2.26. The molecule has 1 aliphatic carbocycles. The molecule has 2 saturated heterocycles. The fourth-order valence-electron chi connectivity index (χ4n) is 4.05. The maximum Gasteiger partial charge on any atom is 0.00981 e. The van der Waals surface area contributed by atoms with Gasteiger partial charge in [0.15, 0.2) is 0 Å². The fraction of sp³-hybridized carbons (Fsp3) is 1.00. The second-order valence-corrected chi connectivity index (χ2v) is 5.68. The Balaban J connectivity index is 1.68. The summed E-state index contributed by atoms with van der Waals surface area (Å²) in [5.41, 5.74) is 0. The number of hydrogen-bond donors (Lipinski definition) is 0. The van der Waals surface area contributed by atoms with E-state index in [4.69, 9.17) is 0 Å². The number of rotatable bonds is 0. The van der Waals surface area contributed by atoms with Crippen LogP contribution in [0.2, 0.25) is 0 Å². The molecule has 0 aromatic carbocycles. The van der Waals surface area contributed by atoms with Crippen molar-refractivity contribution in [2.24, 2.45) is 11.8 Å². The molecule has 80 valence electrons. The Labute approximate surface area is 87.9 Å². The van der Waals surface area contributed by atoms with Gasteiger partial charge in [-0.25, -0.2) is 0 Å². The molecule has 0 amide bonds. The van der Waals surface area contributed by atoms with Crippen molar-refractivity contribution in [3.05, 3.63) is 0 Å². The molecule has 1 nitrogen and oxygen atoms in total. The van der Waals surface area contributed by atoms with E-state index < -0.39 is 0 Å². The molecule has 0 aromatic rings. The molecule has 3 unspecified atom stereocenters. The minimum absolute atomic E-state index is 0.989. The van der Waals surface area contributed by atoms with Crippen molar-refractivity contribution in [1.29, 1.82) is 0 Å². The molecule has 3 aliphatic rings. The highest BCUT2D eigenvalue weighted by molar-refractivity contribution is 4.90. The summed E-state index contributed by atoms with van der Waals surface area (Å²) in [6.45, 7) is 2.86. The van der Waals surface area contributed by atoms with E-state index in [0.717, 1.165) is 17.9 Å². The fourth-order valence-corrected chi connectivity index (χ4v) is 4.05. The molecular formula is C13H23N. The van der Waals surface area contributed by atoms with Gasteiger partial charge in [0.25, 0.3) is 0 Å². The van der Waals surface area contributed by atoms with E-state index in [-0.39, 0.29) is 0 Å². The third kappa shape index (κ3) is 1.60. The lowest BCUT2D eigenvalue weighted by Crippen LogP contribution is -2.50. The second-order valence-electron chi connectivity index (χ2n) is 5.68. The Morgan fingerprint density at radius 3 is 2.50 bits per heavy atom. The first-order chi connectivity index (χ1) is 6.93. The third-order valence-electron chi connectivity index (χ3n) is 4.86. The monoisotopic (exact) mass is 193 g/mol. The highest BCUT2D eigenvalue weighted by atomic mass is 15.2. The number of hydrogen-bond acceptors (Lipinski definition) is 1. The summed E-state index contributed by atoms with van der Waals surface area (Å²) in [5, 5.41) is 0. The Kier molecular flexibility index (Phi) is 2.53. The standard InChI is InChI=1S/C13H23N/c1-2-6-12-10-14-8-4-3-7-13(14)9-11(12)5-1/h11-13H,1-10H2. The van der Waals surface area contributed by atoms with Gasteiger partial charge in [0.2, 0.25) is 0 Å². The van der Waals surface area contributed by atoms with Gasteiger partial charge in [-0.15, -0.1) is 0 Å². The summed E-state index contributed by atoms with van der Waals surface area (Å²) in [4.78, 5) is 2.82. The molecule has 0 bridgehead atoms. The van der Waals surface area contributed by atoms with Crippen molar-refractivity contribution < 1.29 is 0 Å². The number of nitrogens with zero attached hydrogens (tertiary/aromatic N) is 1. The van der Waals surface area contributed by atoms with Gasteiger partial charge in [-0.2, -0.15) is 0 Å². The normalized spacial score (nSPS) is 44.1. The predicted octanol–water partition coefficient (Wildman–Crippen LogP) is 3.05. The van der Waals surface area contributed by atoms with Gasteiger partial charge in [-0.1, -0.05) is 25.7 Å². The average molecular weight is 193 g/mol. The van der Waals surface area contributed by atoms with Gasteiger partial charge < -0.3 is 4.90 Å². The molecule has 1 saturated carbocycles. The van der Waals surface area contributed by atoms with E-state index in [9.17, 15) is 0 Å². The van der Waals surface area contributed by atoms with E-state index in [2.05, 4.69) is 4.90 Å². The van der Waals surface area contributed by atoms with E-state index in [0.29, 0.717) is 0 Å². The van der Waals surface area contributed by atoms with E-state index in [1.807, 2.05) is 0 Å². The molecule has 2 aliphatic heterocycles. The van der Waals surface area contributed by atoms with E-state index in [1.54, 1.807) is 12.8 Å². The lowest BCUT2D eigenvalue weighted by atomic mass is 9.71. The molecule has 0 spiro atoms. The Bertz CT molecular complexity index is 159. The molecular weight excluding hydrogens is 170 g/mol. The molecule has 0 radical (unpaired) electrons. The molecule has 0 N–H and O–H groups in total. The van der Waals surface area contributed by atoms with Gasteiger partial charge in [-0.05, 0) is 44.1 Å². The summed E-state index contributed by atoms with van der Waals surface area (Å²) in [6, 6.07) is 0.989. The van der Waals surface area contributed by atoms with Gasteiger partial charge in [0, 0.05) is 12.6 Å². The van der Waals surface area contributed by atoms with Crippen LogP contribution in [0.25, 0.3) is 0 Å². The SMILES string of the molecule is C1CCC2CN3CCCCC3CC2C1. The Hall–Kier alpha value is -0.0400. The van der Waals surface area contributed by atoms with Crippen molar-refractivity contribution in [3.8, 4) is 0 Å². The summed E-state index contributed by atoms with van der Waals surface area (Å²) in [5.74, 6) is 2.20. The van der Waals surface area contributed by atoms with Gasteiger partial charge in [0.1, 0.15) is 0 Å². The lowest BCUT2D eigenvalue weighted by molar-refractivity contribution is 0.0180. The van der Waals surface area contributed by atoms with Crippen LogP contribution in [0.4, 0.5) is 0 Å². The smallest absolute Gasteiger partial charge is 0.00981 e. The Morgan fingerprint density at radius 1 is 0.786 bits per heavy atom. The maximum atomic E-state index is 2.82. The first kappa shape index (κ1) is 9.21. The van der Waals surface area contributed by atoms with Crippen molar-refractivity contribution >= 4 is 0 Å². The van der Waals surface area contributed by atoms with Crippen LogP contribution in [0.1, 0.15) is 51.4 Å². The van der Waals surface area contributed by atoms with Crippen molar-refractivity contribution in [2.45, 2.75) is 57.4 Å². The molecule has 1 heteroatoms. The summed E-state index contributed by atoms with van der Waals surface area (Å²) >= 11 is 0. The Morgan fingerprint density at radius 2 is 1.57 bits per heavy atom. The van der Waals surface area contributed by atoms with Crippen LogP contribution in [0.3, 0.4) is 0 Å². The minimum atomic E-state index is 0.989. The summed E-state index contributed by atoms with van der Waals surface area (Å²) in [7, 11) is 0. The lowest BCUT2D eigenvalue weighted by Gasteiger charge is -2.48. The van der Waals surface area contributed by atoms with Crippen LogP contribution in [-0.4, -0.2) is 24.0 Å². The quantitative estimate of drug-likeness (QED) is 0.571. The van der Waals surface area contributed by atoms with Gasteiger partial charge in [0.05, 0.1) is 0 Å². The molecule has 3 rings (SSSR count). The molecule has 14 heavy (non-hydrogen) atoms. The highest BCUT2D eigenvalue weighted by Crippen LogP contribution is 2.40. The number of fused-ring (bicyclic) bond motifs is 2. The molecule has 0 aromatic heterocycles. The van der Waals surface area contributed by atoms with Crippen molar-refractivity contribution in [3.63, 3.8) is 0 Å². The van der Waals surface area contributed by atoms with Crippen LogP contribution in [0.5, 0.6) is 0 Å². The van der Waals surface area contributed by atoms with Crippen LogP contribution < -0.4 is 0 Å². The third-order valence-corrected chi connectivity index (χ3v) is 4.86. The zero-order chi connectivity index (χ0) is 9.38. The van der Waals surface area contributed by atoms with Crippen molar-refractivity contribution in [1.82, 2.24) is 4.90 Å². The predicted molar refractivity (Wildman–Crippen MR) is 59.3 cm³/mol. The summed E-state index contributed by atoms with van der Waals surface area (Å²) < 4.78 is 0. The van der Waals surface area contributed by atoms with Gasteiger partial charge in [-0.3, -0.25) is 0 Å². The number of piperidine rings is 2. The first-order valence-electron chi connectivity index (χ1n) is 6.67. The first-order valence-corrected chi connectivity index (χ1v) is 6.67. The maximum absolute atomic E-state index is 2.82. The van der Waals surface area contributed by atoms with E-state index >= 15 is 0 Å². The van der Waals surface area contributed by atoms with Crippen LogP contribution in [-0.2, 0) is 0 Å². The zero-order valence-electron chi connectivity index (χ0n) is 9.25. The molecule has 3 atom stereocenters. The largest absolute Gasteiger partial charge is 0.300 e. The second kappa shape index (κ2) is 3.84. The van der Waals surface area contributed by atoms with E-state index in [1.165, 1.54) is 51.6 Å². The summed E-state index contributed by atoms with van der Waals surface area (Å²) in [6.07, 6.45) is 12.1. The zero-order valence-corrected chi connectivity index (χ0v) is 9.25. The minimum Gasteiger partial charge on any atom is -0.300 e. The molecule has 2 heterocycles. The topological polar surface area (TPSA) is 3.24 Å².